The number of amides is 2. The largest absolute Gasteiger partial charge is 0.379 e. The summed E-state index contributed by atoms with van der Waals surface area (Å²) in [6, 6.07) is 5.23. The van der Waals surface area contributed by atoms with Crippen LogP contribution in [-0.4, -0.2) is 87.6 Å². The number of rotatable bonds is 7. The first-order chi connectivity index (χ1) is 15.9. The summed E-state index contributed by atoms with van der Waals surface area (Å²) in [6.07, 6.45) is 0.906. The molecule has 2 amide bonds. The minimum absolute atomic E-state index is 0.0370. The summed E-state index contributed by atoms with van der Waals surface area (Å²) in [4.78, 5) is 49.4. The number of H-pyrrole nitrogens is 1. The summed E-state index contributed by atoms with van der Waals surface area (Å²) < 4.78 is 19.4. The van der Waals surface area contributed by atoms with E-state index in [4.69, 9.17) is 4.74 Å². The first-order valence-electron chi connectivity index (χ1n) is 10.5. The maximum Gasteiger partial charge on any atom is 0.273 e. The summed E-state index contributed by atoms with van der Waals surface area (Å²) in [7, 11) is 1.67. The zero-order chi connectivity index (χ0) is 23.4. The van der Waals surface area contributed by atoms with Gasteiger partial charge >= 0.3 is 0 Å². The average Bonchev–Trinajstić information content (AvgIpc) is 3.22. The second-order valence-electron chi connectivity index (χ2n) is 7.72. The third-order valence-electron chi connectivity index (χ3n) is 5.27. The van der Waals surface area contributed by atoms with Crippen LogP contribution in [0.5, 0.6) is 0 Å². The fourth-order valence-electron chi connectivity index (χ4n) is 3.46. The zero-order valence-electron chi connectivity index (χ0n) is 18.1. The van der Waals surface area contributed by atoms with E-state index in [1.165, 1.54) is 33.7 Å². The number of nitrogens with zero attached hydrogens (tertiary/aromatic N) is 5. The van der Waals surface area contributed by atoms with Crippen molar-refractivity contribution >= 4 is 23.3 Å². The molecule has 0 saturated carbocycles. The molecule has 4 rings (SSSR count). The van der Waals surface area contributed by atoms with Gasteiger partial charge in [0, 0.05) is 51.1 Å². The van der Waals surface area contributed by atoms with Gasteiger partial charge in [-0.3, -0.25) is 24.4 Å². The number of hydrogen-bond donors (Lipinski definition) is 2. The number of carbonyl (C=O) groups excluding carboxylic acids is 2. The number of hydrogen-bond acceptors (Lipinski definition) is 7. The molecule has 1 fully saturated rings. The summed E-state index contributed by atoms with van der Waals surface area (Å²) >= 11 is 0. The van der Waals surface area contributed by atoms with Crippen molar-refractivity contribution in [2.75, 3.05) is 51.8 Å². The van der Waals surface area contributed by atoms with Crippen LogP contribution in [0.3, 0.4) is 0 Å². The molecule has 4 heterocycles. The maximum absolute atomic E-state index is 12.9. The van der Waals surface area contributed by atoms with Gasteiger partial charge in [0.1, 0.15) is 17.3 Å². The minimum atomic E-state index is -0.508. The van der Waals surface area contributed by atoms with E-state index < -0.39 is 17.3 Å². The van der Waals surface area contributed by atoms with E-state index in [0.717, 1.165) is 19.3 Å². The van der Waals surface area contributed by atoms with Crippen LogP contribution in [0.1, 0.15) is 16.2 Å². The first-order valence-corrected chi connectivity index (χ1v) is 10.5. The standard InChI is InChI=1S/C21H24FN7O4/c1-27(4-5-28-6-8-33-9-7-28)21(32)16-12-20(31)29-18(24-16)10-15(26-29)11-19(30)25-17-3-2-14(22)13-23-17/h2-3,10,12-13,26H,4-9,11H2,1H3,(H,23,25,30). The number of aromatic amines is 1. The summed E-state index contributed by atoms with van der Waals surface area (Å²) in [5.41, 5.74) is 0.228. The van der Waals surface area contributed by atoms with Crippen LogP contribution < -0.4 is 10.9 Å². The highest BCUT2D eigenvalue weighted by Gasteiger charge is 2.18. The molecular formula is C21H24FN7O4. The lowest BCUT2D eigenvalue weighted by Gasteiger charge is -2.28. The van der Waals surface area contributed by atoms with Crippen molar-refractivity contribution in [2.45, 2.75) is 6.42 Å². The predicted molar refractivity (Wildman–Crippen MR) is 117 cm³/mol. The van der Waals surface area contributed by atoms with Gasteiger partial charge in [-0.15, -0.1) is 0 Å². The quantitative estimate of drug-likeness (QED) is 0.517. The van der Waals surface area contributed by atoms with Crippen LogP contribution in [-0.2, 0) is 16.0 Å². The van der Waals surface area contributed by atoms with Crippen LogP contribution in [0.15, 0.2) is 35.3 Å². The van der Waals surface area contributed by atoms with Crippen molar-refractivity contribution < 1.29 is 18.7 Å². The number of halogens is 1. The summed E-state index contributed by atoms with van der Waals surface area (Å²) in [6.45, 7) is 4.21. The van der Waals surface area contributed by atoms with Gasteiger partial charge in [-0.05, 0) is 12.1 Å². The molecule has 0 aromatic carbocycles. The summed E-state index contributed by atoms with van der Waals surface area (Å²) in [5.74, 6) is -1.06. The van der Waals surface area contributed by atoms with Crippen LogP contribution in [0.2, 0.25) is 0 Å². The molecule has 1 saturated heterocycles. The smallest absolute Gasteiger partial charge is 0.273 e. The Bertz CT molecular complexity index is 1200. The van der Waals surface area contributed by atoms with E-state index in [1.54, 1.807) is 7.05 Å². The molecule has 1 aliphatic rings. The van der Waals surface area contributed by atoms with Gasteiger partial charge in [0.15, 0.2) is 5.65 Å². The van der Waals surface area contributed by atoms with E-state index in [9.17, 15) is 18.8 Å². The molecular weight excluding hydrogens is 433 g/mol. The molecule has 0 unspecified atom stereocenters. The van der Waals surface area contributed by atoms with Gasteiger partial charge in [-0.1, -0.05) is 0 Å². The molecule has 174 valence electrons. The fourth-order valence-corrected chi connectivity index (χ4v) is 3.46. The lowest BCUT2D eigenvalue weighted by Crippen LogP contribution is -2.42. The molecule has 3 aromatic heterocycles. The van der Waals surface area contributed by atoms with E-state index in [-0.39, 0.29) is 29.5 Å². The molecule has 0 spiro atoms. The molecule has 3 aromatic rings. The Morgan fingerprint density at radius 2 is 2.06 bits per heavy atom. The Morgan fingerprint density at radius 1 is 1.27 bits per heavy atom. The highest BCUT2D eigenvalue weighted by Crippen LogP contribution is 2.08. The molecule has 0 aliphatic carbocycles. The number of pyridine rings is 1. The number of likely N-dealkylation sites (N-methyl/N-ethyl adjacent to an activating group) is 1. The number of aromatic nitrogens is 4. The monoisotopic (exact) mass is 457 g/mol. The Balaban J connectivity index is 1.42. The number of anilines is 1. The molecule has 0 bridgehead atoms. The third kappa shape index (κ3) is 5.59. The Hall–Kier alpha value is -3.64. The van der Waals surface area contributed by atoms with Gasteiger partial charge in [0.25, 0.3) is 11.5 Å². The molecule has 12 heteroatoms. The van der Waals surface area contributed by atoms with Gasteiger partial charge in [-0.2, -0.15) is 0 Å². The lowest BCUT2D eigenvalue weighted by molar-refractivity contribution is -0.115. The number of carbonyl (C=O) groups is 2. The van der Waals surface area contributed by atoms with Gasteiger partial charge < -0.3 is 15.0 Å². The Morgan fingerprint density at radius 3 is 2.79 bits per heavy atom. The van der Waals surface area contributed by atoms with Crippen molar-refractivity contribution in [3.05, 3.63) is 58.0 Å². The Labute approximate surface area is 188 Å². The molecule has 0 radical (unpaired) electrons. The molecule has 2 N–H and O–H groups in total. The number of morpholine rings is 1. The number of fused-ring (bicyclic) bond motifs is 1. The van der Waals surface area contributed by atoms with E-state index in [2.05, 4.69) is 25.3 Å². The zero-order valence-corrected chi connectivity index (χ0v) is 18.1. The SMILES string of the molecule is CN(CCN1CCOCC1)C(=O)c1cc(=O)n2[nH]c(CC(=O)Nc3ccc(F)cn3)cc2n1. The highest BCUT2D eigenvalue weighted by molar-refractivity contribution is 5.93. The van der Waals surface area contributed by atoms with Crippen molar-refractivity contribution in [3.8, 4) is 0 Å². The van der Waals surface area contributed by atoms with Gasteiger partial charge in [-0.25, -0.2) is 18.9 Å². The second kappa shape index (κ2) is 9.88. The second-order valence-corrected chi connectivity index (χ2v) is 7.72. The third-order valence-corrected chi connectivity index (χ3v) is 5.27. The molecule has 1 aliphatic heterocycles. The first kappa shape index (κ1) is 22.6. The van der Waals surface area contributed by atoms with Crippen molar-refractivity contribution in [3.63, 3.8) is 0 Å². The Kier molecular flexibility index (Phi) is 6.75. The fraction of sp³-hybridized carbons (Fsp3) is 0.381. The van der Waals surface area contributed by atoms with Gasteiger partial charge in [0.05, 0.1) is 25.8 Å². The van der Waals surface area contributed by atoms with E-state index in [0.29, 0.717) is 32.0 Å². The highest BCUT2D eigenvalue weighted by atomic mass is 19.1. The minimum Gasteiger partial charge on any atom is -0.379 e. The van der Waals surface area contributed by atoms with Crippen LogP contribution >= 0.6 is 0 Å². The topological polar surface area (TPSA) is 125 Å². The number of nitrogens with one attached hydrogen (secondary N) is 2. The van der Waals surface area contributed by atoms with Crippen molar-refractivity contribution in [1.82, 2.24) is 29.4 Å². The van der Waals surface area contributed by atoms with E-state index in [1.807, 2.05) is 0 Å². The van der Waals surface area contributed by atoms with Gasteiger partial charge in [0.2, 0.25) is 5.91 Å². The van der Waals surface area contributed by atoms with Crippen molar-refractivity contribution in [1.29, 1.82) is 0 Å². The maximum atomic E-state index is 12.9. The van der Waals surface area contributed by atoms with Crippen LogP contribution in [0.25, 0.3) is 5.65 Å². The lowest BCUT2D eigenvalue weighted by atomic mass is 10.3. The van der Waals surface area contributed by atoms with Crippen LogP contribution in [0.4, 0.5) is 10.2 Å². The average molecular weight is 457 g/mol. The predicted octanol–water partition coefficient (Wildman–Crippen LogP) is 0.142. The van der Waals surface area contributed by atoms with Crippen molar-refractivity contribution in [2.24, 2.45) is 0 Å². The number of ether oxygens (including phenoxy) is 1. The summed E-state index contributed by atoms with van der Waals surface area (Å²) in [5, 5.41) is 5.36. The van der Waals surface area contributed by atoms with Crippen LogP contribution in [0, 0.1) is 5.82 Å². The molecule has 33 heavy (non-hydrogen) atoms. The molecule has 0 atom stereocenters. The molecule has 11 nitrogen and oxygen atoms in total. The van der Waals surface area contributed by atoms with E-state index >= 15 is 0 Å². The normalized spacial score (nSPS) is 14.4.